The second-order valence-corrected chi connectivity index (χ2v) is 6.86. The van der Waals surface area contributed by atoms with Crippen LogP contribution in [0.3, 0.4) is 0 Å². The number of aryl methyl sites for hydroxylation is 1. The van der Waals surface area contributed by atoms with Crippen LogP contribution < -0.4 is 0 Å². The maximum Gasteiger partial charge on any atom is 0.234 e. The third-order valence-electron chi connectivity index (χ3n) is 4.99. The van der Waals surface area contributed by atoms with E-state index in [0.29, 0.717) is 5.95 Å². The molecule has 0 atom stereocenters. The van der Waals surface area contributed by atoms with Crippen LogP contribution in [0.1, 0.15) is 5.56 Å². The smallest absolute Gasteiger partial charge is 0.234 e. The first-order valence-electron chi connectivity index (χ1n) is 9.36. The van der Waals surface area contributed by atoms with Gasteiger partial charge in [0.15, 0.2) is 0 Å². The number of benzene rings is 3. The molecule has 2 heterocycles. The number of nitrogens with zero attached hydrogens (tertiary/aromatic N) is 3. The first-order chi connectivity index (χ1) is 13.8. The molecule has 0 fully saturated rings. The fourth-order valence-electron chi connectivity index (χ4n) is 3.78. The Bertz CT molecular complexity index is 1240. The molecule has 134 valence electrons. The molecule has 0 N–H and O–H groups in total. The van der Waals surface area contributed by atoms with Gasteiger partial charge in [-0.25, -0.2) is 9.97 Å². The van der Waals surface area contributed by atoms with Gasteiger partial charge in [0.25, 0.3) is 0 Å². The highest BCUT2D eigenvalue weighted by Crippen LogP contribution is 2.42. The summed E-state index contributed by atoms with van der Waals surface area (Å²) in [5.41, 5.74) is 6.96. The topological polar surface area (TPSA) is 30.7 Å². The number of hydrogen-bond acceptors (Lipinski definition) is 2. The molecule has 2 aromatic heterocycles. The van der Waals surface area contributed by atoms with Crippen molar-refractivity contribution in [2.45, 2.75) is 6.92 Å². The van der Waals surface area contributed by atoms with E-state index in [-0.39, 0.29) is 0 Å². The minimum absolute atomic E-state index is 0.680. The fourth-order valence-corrected chi connectivity index (χ4v) is 3.78. The van der Waals surface area contributed by atoms with Crippen LogP contribution >= 0.6 is 0 Å². The highest BCUT2D eigenvalue weighted by Gasteiger charge is 2.22. The van der Waals surface area contributed by atoms with Crippen LogP contribution in [0.5, 0.6) is 0 Å². The van der Waals surface area contributed by atoms with E-state index in [1.54, 1.807) is 12.4 Å². The van der Waals surface area contributed by atoms with Crippen molar-refractivity contribution >= 4 is 10.9 Å². The summed E-state index contributed by atoms with van der Waals surface area (Å²) >= 11 is 0. The van der Waals surface area contributed by atoms with Gasteiger partial charge >= 0.3 is 0 Å². The summed E-state index contributed by atoms with van der Waals surface area (Å²) in [4.78, 5) is 9.15. The van der Waals surface area contributed by atoms with Crippen molar-refractivity contribution in [3.63, 3.8) is 0 Å². The molecule has 0 saturated heterocycles. The van der Waals surface area contributed by atoms with Crippen molar-refractivity contribution in [2.24, 2.45) is 0 Å². The molecule has 0 unspecified atom stereocenters. The molecule has 0 aliphatic carbocycles. The zero-order valence-electron chi connectivity index (χ0n) is 15.6. The number of aromatic nitrogens is 3. The molecule has 0 radical (unpaired) electrons. The summed E-state index contributed by atoms with van der Waals surface area (Å²) in [7, 11) is 0. The summed E-state index contributed by atoms with van der Waals surface area (Å²) in [6.07, 6.45) is 3.59. The van der Waals surface area contributed by atoms with Crippen LogP contribution in [-0.4, -0.2) is 14.5 Å². The summed E-state index contributed by atoms with van der Waals surface area (Å²) in [6, 6.07) is 29.5. The van der Waals surface area contributed by atoms with Crippen LogP contribution in [0.15, 0.2) is 97.3 Å². The molecule has 0 bridgehead atoms. The van der Waals surface area contributed by atoms with Gasteiger partial charge in [-0.05, 0) is 35.7 Å². The molecule has 3 heteroatoms. The lowest BCUT2D eigenvalue weighted by molar-refractivity contribution is 0.968. The van der Waals surface area contributed by atoms with Crippen molar-refractivity contribution in [1.82, 2.24) is 14.5 Å². The summed E-state index contributed by atoms with van der Waals surface area (Å²) < 4.78 is 2.18. The molecule has 0 aliphatic heterocycles. The average Bonchev–Trinajstić information content (AvgIpc) is 3.10. The summed E-state index contributed by atoms with van der Waals surface area (Å²) in [5.74, 6) is 0.680. The number of hydrogen-bond donors (Lipinski definition) is 0. The Morgan fingerprint density at radius 3 is 2.00 bits per heavy atom. The number of rotatable bonds is 3. The van der Waals surface area contributed by atoms with Crippen LogP contribution in [0.2, 0.25) is 0 Å². The highest BCUT2D eigenvalue weighted by atomic mass is 15.2. The molecule has 5 aromatic rings. The Hall–Kier alpha value is -3.72. The van der Waals surface area contributed by atoms with Crippen LogP contribution in [-0.2, 0) is 0 Å². The van der Waals surface area contributed by atoms with E-state index in [1.807, 2.05) is 12.1 Å². The van der Waals surface area contributed by atoms with Crippen molar-refractivity contribution in [3.05, 3.63) is 103 Å². The Morgan fingerprint density at radius 1 is 0.679 bits per heavy atom. The van der Waals surface area contributed by atoms with E-state index < -0.39 is 0 Å². The van der Waals surface area contributed by atoms with Crippen molar-refractivity contribution in [2.75, 3.05) is 0 Å². The number of fused-ring (bicyclic) bond motifs is 1. The predicted octanol–water partition coefficient (Wildman–Crippen LogP) is 6.06. The molecule has 28 heavy (non-hydrogen) atoms. The Kier molecular flexibility index (Phi) is 3.99. The van der Waals surface area contributed by atoms with E-state index >= 15 is 0 Å². The van der Waals surface area contributed by atoms with Crippen LogP contribution in [0.4, 0.5) is 0 Å². The lowest BCUT2D eigenvalue weighted by Crippen LogP contribution is -2.02. The zero-order chi connectivity index (χ0) is 18.9. The second-order valence-electron chi connectivity index (χ2n) is 6.86. The van der Waals surface area contributed by atoms with Crippen LogP contribution in [0.25, 0.3) is 39.2 Å². The van der Waals surface area contributed by atoms with Gasteiger partial charge in [-0.3, -0.25) is 4.57 Å². The molecule has 3 aromatic carbocycles. The average molecular weight is 361 g/mol. The van der Waals surface area contributed by atoms with Crippen molar-refractivity contribution < 1.29 is 0 Å². The monoisotopic (exact) mass is 361 g/mol. The Balaban J connectivity index is 1.98. The predicted molar refractivity (Wildman–Crippen MR) is 114 cm³/mol. The van der Waals surface area contributed by atoms with Gasteiger partial charge < -0.3 is 0 Å². The van der Waals surface area contributed by atoms with E-state index in [2.05, 4.69) is 94.3 Å². The Morgan fingerprint density at radius 2 is 1.32 bits per heavy atom. The molecule has 0 aliphatic rings. The fraction of sp³-hybridized carbons (Fsp3) is 0.0400. The Labute approximate surface area is 164 Å². The zero-order valence-corrected chi connectivity index (χ0v) is 15.6. The van der Waals surface area contributed by atoms with E-state index in [0.717, 1.165) is 16.8 Å². The van der Waals surface area contributed by atoms with Gasteiger partial charge in [0.05, 0.1) is 11.2 Å². The SMILES string of the molecule is Cc1ccc2c(-c3ccccc3)c(-c3ccccc3)n(-c3ncccn3)c2c1. The van der Waals surface area contributed by atoms with Crippen molar-refractivity contribution in [3.8, 4) is 28.3 Å². The van der Waals surface area contributed by atoms with Gasteiger partial charge in [0, 0.05) is 23.3 Å². The lowest BCUT2D eigenvalue weighted by Gasteiger charge is -2.11. The van der Waals surface area contributed by atoms with Crippen molar-refractivity contribution in [1.29, 1.82) is 0 Å². The van der Waals surface area contributed by atoms with E-state index in [4.69, 9.17) is 0 Å². The van der Waals surface area contributed by atoms with Gasteiger partial charge in [-0.15, -0.1) is 0 Å². The molecular weight excluding hydrogens is 342 g/mol. The van der Waals surface area contributed by atoms with E-state index in [9.17, 15) is 0 Å². The normalized spacial score (nSPS) is 11.0. The van der Waals surface area contributed by atoms with Gasteiger partial charge in [0.2, 0.25) is 5.95 Å². The van der Waals surface area contributed by atoms with Gasteiger partial charge in [0.1, 0.15) is 0 Å². The minimum Gasteiger partial charge on any atom is -0.277 e. The first-order valence-corrected chi connectivity index (χ1v) is 9.36. The maximum absolute atomic E-state index is 4.57. The largest absolute Gasteiger partial charge is 0.277 e. The minimum atomic E-state index is 0.680. The summed E-state index contributed by atoms with van der Waals surface area (Å²) in [5, 5.41) is 1.20. The molecule has 3 nitrogen and oxygen atoms in total. The van der Waals surface area contributed by atoms with Crippen LogP contribution in [0, 0.1) is 6.92 Å². The maximum atomic E-state index is 4.57. The summed E-state index contributed by atoms with van der Waals surface area (Å²) in [6.45, 7) is 2.12. The lowest BCUT2D eigenvalue weighted by atomic mass is 9.98. The molecule has 0 spiro atoms. The second kappa shape index (κ2) is 6.78. The molecule has 5 rings (SSSR count). The first kappa shape index (κ1) is 16.5. The third kappa shape index (κ3) is 2.69. The quantitative estimate of drug-likeness (QED) is 0.391. The highest BCUT2D eigenvalue weighted by molar-refractivity contribution is 6.05. The van der Waals surface area contributed by atoms with E-state index in [1.165, 1.54) is 22.1 Å². The third-order valence-corrected chi connectivity index (χ3v) is 4.99. The molecule has 0 amide bonds. The van der Waals surface area contributed by atoms with Gasteiger partial charge in [-0.2, -0.15) is 0 Å². The van der Waals surface area contributed by atoms with Gasteiger partial charge in [-0.1, -0.05) is 72.8 Å². The standard InChI is InChI=1S/C25H19N3/c1-18-13-14-21-22(17-18)28(25-26-15-8-16-27-25)24(20-11-6-3-7-12-20)23(21)19-9-4-2-5-10-19/h2-17H,1H3. The molecule has 0 saturated carbocycles. The molecular formula is C25H19N3.